The number of esters is 1. The lowest BCUT2D eigenvalue weighted by Gasteiger charge is -2.25. The van der Waals surface area contributed by atoms with Gasteiger partial charge in [-0.25, -0.2) is 0 Å². The molecule has 0 fully saturated rings. The second-order valence-electron chi connectivity index (χ2n) is 7.09. The predicted octanol–water partition coefficient (Wildman–Crippen LogP) is 4.99. The molecule has 1 aromatic rings. The molecule has 29 heavy (non-hydrogen) atoms. The molecule has 6 nitrogen and oxygen atoms in total. The fourth-order valence-electron chi connectivity index (χ4n) is 3.48. The van der Waals surface area contributed by atoms with E-state index < -0.39 is 6.10 Å². The minimum Gasteiger partial charge on any atom is -0.496 e. The van der Waals surface area contributed by atoms with Crippen LogP contribution in [0.2, 0.25) is 0 Å². The summed E-state index contributed by atoms with van der Waals surface area (Å²) < 4.78 is 16.7. The number of rotatable bonds is 11. The van der Waals surface area contributed by atoms with Crippen LogP contribution >= 0.6 is 0 Å². The number of allylic oxidation sites excluding steroid dienone is 2. The Bertz CT molecular complexity index is 793. The van der Waals surface area contributed by atoms with Gasteiger partial charge in [0.15, 0.2) is 11.6 Å². The van der Waals surface area contributed by atoms with Crippen molar-refractivity contribution >= 4 is 17.5 Å². The summed E-state index contributed by atoms with van der Waals surface area (Å²) in [5.74, 6) is -0.378. The Kier molecular flexibility index (Phi) is 8.43. The number of hydrogen-bond acceptors (Lipinski definition) is 6. The molecule has 0 N–H and O–H groups in total. The van der Waals surface area contributed by atoms with Gasteiger partial charge in [0.25, 0.3) is 0 Å². The molecule has 0 radical (unpaired) electrons. The molecule has 0 aliphatic heterocycles. The highest BCUT2D eigenvalue weighted by atomic mass is 16.5. The van der Waals surface area contributed by atoms with Crippen LogP contribution in [0.3, 0.4) is 0 Å². The standard InChI is InChI=1S/C23H30O6/c1-5-7-9-11-20(26)29-18(10-8-6-2)15-14-19(27-3)21-16(24)12-13-17(25)22(21)23(15)28-4/h12-14,18H,5-11H2,1-4H3. The van der Waals surface area contributed by atoms with E-state index in [-0.39, 0.29) is 40.2 Å². The van der Waals surface area contributed by atoms with Crippen LogP contribution in [0.5, 0.6) is 11.5 Å². The van der Waals surface area contributed by atoms with Gasteiger partial charge in [0, 0.05) is 12.0 Å². The van der Waals surface area contributed by atoms with Crippen LogP contribution in [0.15, 0.2) is 18.2 Å². The molecule has 2 rings (SSSR count). The van der Waals surface area contributed by atoms with E-state index in [4.69, 9.17) is 14.2 Å². The van der Waals surface area contributed by atoms with Gasteiger partial charge in [0.2, 0.25) is 0 Å². The first-order valence-corrected chi connectivity index (χ1v) is 10.2. The summed E-state index contributed by atoms with van der Waals surface area (Å²) in [5, 5.41) is 0. The number of ether oxygens (including phenoxy) is 3. The first-order chi connectivity index (χ1) is 14.0. The molecule has 6 heteroatoms. The first kappa shape index (κ1) is 22.7. The van der Waals surface area contributed by atoms with Crippen molar-refractivity contribution in [2.75, 3.05) is 14.2 Å². The van der Waals surface area contributed by atoms with Gasteiger partial charge < -0.3 is 14.2 Å². The average molecular weight is 402 g/mol. The van der Waals surface area contributed by atoms with E-state index in [9.17, 15) is 14.4 Å². The zero-order valence-corrected chi connectivity index (χ0v) is 17.7. The van der Waals surface area contributed by atoms with Gasteiger partial charge in [-0.3, -0.25) is 14.4 Å². The van der Waals surface area contributed by atoms with Crippen LogP contribution < -0.4 is 9.47 Å². The van der Waals surface area contributed by atoms with Crippen LogP contribution in [0, 0.1) is 0 Å². The third-order valence-corrected chi connectivity index (χ3v) is 5.00. The number of ketones is 2. The second kappa shape index (κ2) is 10.8. The highest BCUT2D eigenvalue weighted by molar-refractivity contribution is 6.24. The molecular weight excluding hydrogens is 372 g/mol. The van der Waals surface area contributed by atoms with Crippen molar-refractivity contribution in [2.24, 2.45) is 0 Å². The van der Waals surface area contributed by atoms with E-state index in [2.05, 4.69) is 13.8 Å². The Hall–Kier alpha value is -2.63. The number of unbranched alkanes of at least 4 members (excludes halogenated alkanes) is 3. The van der Waals surface area contributed by atoms with E-state index >= 15 is 0 Å². The van der Waals surface area contributed by atoms with Crippen molar-refractivity contribution in [3.63, 3.8) is 0 Å². The molecule has 1 unspecified atom stereocenters. The Balaban J connectivity index is 2.50. The largest absolute Gasteiger partial charge is 0.496 e. The number of carbonyl (C=O) groups is 3. The van der Waals surface area contributed by atoms with Gasteiger partial charge >= 0.3 is 5.97 Å². The maximum absolute atomic E-state index is 12.6. The lowest BCUT2D eigenvalue weighted by Crippen LogP contribution is -2.19. The summed E-state index contributed by atoms with van der Waals surface area (Å²) >= 11 is 0. The maximum atomic E-state index is 12.6. The van der Waals surface area contributed by atoms with Gasteiger partial charge in [0.05, 0.1) is 25.3 Å². The summed E-state index contributed by atoms with van der Waals surface area (Å²) in [4.78, 5) is 37.4. The van der Waals surface area contributed by atoms with Crippen molar-refractivity contribution in [1.29, 1.82) is 0 Å². The molecular formula is C23H30O6. The Morgan fingerprint density at radius 1 is 0.931 bits per heavy atom. The van der Waals surface area contributed by atoms with Gasteiger partial charge in [-0.2, -0.15) is 0 Å². The fraction of sp³-hybridized carbons (Fsp3) is 0.522. The molecule has 0 amide bonds. The zero-order valence-electron chi connectivity index (χ0n) is 17.7. The van der Waals surface area contributed by atoms with Gasteiger partial charge in [-0.05, 0) is 37.5 Å². The van der Waals surface area contributed by atoms with Crippen LogP contribution in [0.1, 0.15) is 91.2 Å². The summed E-state index contributed by atoms with van der Waals surface area (Å²) in [7, 11) is 2.89. The normalized spacial score (nSPS) is 13.8. The lowest BCUT2D eigenvalue weighted by atomic mass is 9.88. The Labute approximate surface area is 172 Å². The number of fused-ring (bicyclic) bond motifs is 1. The molecule has 0 bridgehead atoms. The van der Waals surface area contributed by atoms with E-state index in [0.29, 0.717) is 18.4 Å². The predicted molar refractivity (Wildman–Crippen MR) is 110 cm³/mol. The molecule has 1 atom stereocenters. The highest BCUT2D eigenvalue weighted by Gasteiger charge is 2.32. The minimum atomic E-state index is -0.577. The molecule has 1 aliphatic carbocycles. The van der Waals surface area contributed by atoms with Crippen molar-refractivity contribution in [3.05, 3.63) is 34.9 Å². The number of benzene rings is 1. The Morgan fingerprint density at radius 2 is 1.59 bits per heavy atom. The average Bonchev–Trinajstić information content (AvgIpc) is 2.72. The Morgan fingerprint density at radius 3 is 2.17 bits per heavy atom. The maximum Gasteiger partial charge on any atom is 0.306 e. The topological polar surface area (TPSA) is 78.9 Å². The lowest BCUT2D eigenvalue weighted by molar-refractivity contribution is -0.150. The molecule has 158 valence electrons. The van der Waals surface area contributed by atoms with E-state index in [1.165, 1.54) is 26.4 Å². The van der Waals surface area contributed by atoms with E-state index in [1.807, 2.05) is 0 Å². The molecule has 0 heterocycles. The minimum absolute atomic E-state index is 0.165. The summed E-state index contributed by atoms with van der Waals surface area (Å²) in [6.45, 7) is 4.13. The van der Waals surface area contributed by atoms with Gasteiger partial charge in [-0.15, -0.1) is 0 Å². The number of carbonyl (C=O) groups excluding carboxylic acids is 3. The number of methoxy groups -OCH3 is 2. The third kappa shape index (κ3) is 5.25. The van der Waals surface area contributed by atoms with Crippen LogP contribution in [0.25, 0.3) is 0 Å². The molecule has 0 aromatic heterocycles. The fourth-order valence-corrected chi connectivity index (χ4v) is 3.48. The van der Waals surface area contributed by atoms with Crippen LogP contribution in [-0.2, 0) is 9.53 Å². The van der Waals surface area contributed by atoms with Gasteiger partial charge in [-0.1, -0.05) is 33.1 Å². The molecule has 0 saturated carbocycles. The summed E-state index contributed by atoms with van der Waals surface area (Å²) in [5.41, 5.74) is 0.902. The van der Waals surface area contributed by atoms with Crippen molar-refractivity contribution in [1.82, 2.24) is 0 Å². The van der Waals surface area contributed by atoms with Gasteiger partial charge in [0.1, 0.15) is 17.6 Å². The van der Waals surface area contributed by atoms with Crippen molar-refractivity contribution in [2.45, 2.75) is 64.9 Å². The molecule has 1 aromatic carbocycles. The monoisotopic (exact) mass is 402 g/mol. The van der Waals surface area contributed by atoms with Crippen LogP contribution in [-0.4, -0.2) is 31.8 Å². The summed E-state index contributed by atoms with van der Waals surface area (Å²) in [6.07, 6.45) is 7.34. The highest BCUT2D eigenvalue weighted by Crippen LogP contribution is 2.42. The van der Waals surface area contributed by atoms with E-state index in [0.717, 1.165) is 32.1 Å². The van der Waals surface area contributed by atoms with Crippen molar-refractivity contribution < 1.29 is 28.6 Å². The first-order valence-electron chi connectivity index (χ1n) is 10.2. The molecule has 0 spiro atoms. The quantitative estimate of drug-likeness (QED) is 0.383. The zero-order chi connectivity index (χ0) is 21.4. The molecule has 0 saturated heterocycles. The van der Waals surface area contributed by atoms with E-state index in [1.54, 1.807) is 6.07 Å². The number of hydrogen-bond donors (Lipinski definition) is 0. The van der Waals surface area contributed by atoms with Crippen LogP contribution in [0.4, 0.5) is 0 Å². The second-order valence-corrected chi connectivity index (χ2v) is 7.09. The SMILES string of the molecule is CCCCCC(=O)OC(CCCC)c1cc(OC)c2c(c1OC)C(=O)C=CC2=O. The summed E-state index contributed by atoms with van der Waals surface area (Å²) in [6, 6.07) is 1.65. The molecule has 1 aliphatic rings. The third-order valence-electron chi connectivity index (χ3n) is 5.00. The van der Waals surface area contributed by atoms with Crippen molar-refractivity contribution in [3.8, 4) is 11.5 Å². The smallest absolute Gasteiger partial charge is 0.306 e.